The third-order valence-electron chi connectivity index (χ3n) is 5.40. The largest absolute Gasteiger partial charge is 0.382 e. The number of hydrogen-bond acceptors (Lipinski definition) is 9. The van der Waals surface area contributed by atoms with Crippen LogP contribution in [0.2, 0.25) is 0 Å². The molecule has 0 radical (unpaired) electrons. The van der Waals surface area contributed by atoms with Gasteiger partial charge in [-0.15, -0.1) is 0 Å². The highest BCUT2D eigenvalue weighted by atomic mass is 32.2. The van der Waals surface area contributed by atoms with Crippen molar-refractivity contribution in [1.82, 2.24) is 14.3 Å². The van der Waals surface area contributed by atoms with E-state index in [1.165, 1.54) is 15.4 Å². The van der Waals surface area contributed by atoms with Gasteiger partial charge in [0.05, 0.1) is 28.0 Å². The zero-order valence-electron chi connectivity index (χ0n) is 18.0. The third-order valence-corrected chi connectivity index (χ3v) is 8.48. The summed E-state index contributed by atoms with van der Waals surface area (Å²) in [4.78, 5) is 32.6. The van der Waals surface area contributed by atoms with Gasteiger partial charge in [-0.1, -0.05) is 30.0 Å². The minimum absolute atomic E-state index is 0.0412. The van der Waals surface area contributed by atoms with E-state index in [2.05, 4.69) is 10.3 Å². The lowest BCUT2D eigenvalue weighted by atomic mass is 10.2. The lowest BCUT2D eigenvalue weighted by Gasteiger charge is -2.20. The number of ether oxygens (including phenoxy) is 1. The van der Waals surface area contributed by atoms with Crippen molar-refractivity contribution >= 4 is 61.6 Å². The van der Waals surface area contributed by atoms with Gasteiger partial charge in [0.15, 0.2) is 9.84 Å². The van der Waals surface area contributed by atoms with Crippen LogP contribution in [-0.2, 0) is 19.4 Å². The van der Waals surface area contributed by atoms with E-state index in [-0.39, 0.29) is 33.4 Å². The Hall–Kier alpha value is -2.28. The Kier molecular flexibility index (Phi) is 7.17. The van der Waals surface area contributed by atoms with Crippen LogP contribution in [0.1, 0.15) is 25.3 Å². The molecule has 1 N–H and O–H groups in total. The first-order valence-corrected chi connectivity index (χ1v) is 13.7. The van der Waals surface area contributed by atoms with E-state index in [0.717, 1.165) is 18.2 Å². The number of sulfone groups is 1. The lowest BCUT2D eigenvalue weighted by molar-refractivity contribution is -0.123. The number of carbonyl (C=O) groups is 1. The molecule has 2 aliphatic rings. The summed E-state index contributed by atoms with van der Waals surface area (Å²) in [7, 11) is -3.18. The number of rotatable bonds is 8. The molecule has 9 nitrogen and oxygen atoms in total. The molecular weight excluding hydrogens is 484 g/mol. The normalized spacial score (nSPS) is 21.4. The van der Waals surface area contributed by atoms with Gasteiger partial charge >= 0.3 is 0 Å². The van der Waals surface area contributed by atoms with Crippen molar-refractivity contribution in [2.45, 2.75) is 25.8 Å². The number of anilines is 1. The molecule has 2 aliphatic heterocycles. The molecule has 0 spiro atoms. The van der Waals surface area contributed by atoms with Gasteiger partial charge in [-0.05, 0) is 38.0 Å². The maximum atomic E-state index is 13.3. The van der Waals surface area contributed by atoms with Crippen molar-refractivity contribution in [3.05, 3.63) is 45.2 Å². The monoisotopic (exact) mass is 508 g/mol. The highest BCUT2D eigenvalue weighted by Gasteiger charge is 2.42. The predicted octanol–water partition coefficient (Wildman–Crippen LogP) is 1.92. The van der Waals surface area contributed by atoms with E-state index in [1.54, 1.807) is 24.4 Å². The van der Waals surface area contributed by atoms with Crippen LogP contribution in [0.3, 0.4) is 0 Å². The standard InChI is InChI=1S/C21H24N4O5S3/c1-2-30-10-5-8-22-18-15(19(26)24-9-4-3-6-17(24)23-18)12-16-20(27)25(21(31)32-16)14-7-11-33(28,29)13-14/h3-4,6,9,12,14,22H,2,5,7-8,10-11,13H2,1H3. The molecule has 1 amide bonds. The van der Waals surface area contributed by atoms with Crippen LogP contribution in [0.15, 0.2) is 34.1 Å². The molecule has 2 saturated heterocycles. The zero-order valence-corrected chi connectivity index (χ0v) is 20.5. The van der Waals surface area contributed by atoms with Gasteiger partial charge in [-0.25, -0.2) is 13.4 Å². The number of pyridine rings is 1. The van der Waals surface area contributed by atoms with Crippen LogP contribution < -0.4 is 10.9 Å². The first-order chi connectivity index (χ1) is 15.8. The summed E-state index contributed by atoms with van der Waals surface area (Å²) in [5.74, 6) is -0.0672. The summed E-state index contributed by atoms with van der Waals surface area (Å²) in [6, 6.07) is 4.78. The van der Waals surface area contributed by atoms with Crippen LogP contribution >= 0.6 is 24.0 Å². The average molecular weight is 509 g/mol. The number of fused-ring (bicyclic) bond motifs is 1. The summed E-state index contributed by atoms with van der Waals surface area (Å²) >= 11 is 6.45. The van der Waals surface area contributed by atoms with Crippen LogP contribution in [0, 0.1) is 0 Å². The fourth-order valence-corrected chi connectivity index (χ4v) is 6.88. The van der Waals surface area contributed by atoms with Crippen LogP contribution in [0.4, 0.5) is 5.82 Å². The lowest BCUT2D eigenvalue weighted by Crippen LogP contribution is -2.39. The smallest absolute Gasteiger partial charge is 0.267 e. The van der Waals surface area contributed by atoms with E-state index >= 15 is 0 Å². The maximum absolute atomic E-state index is 13.3. The molecule has 4 heterocycles. The molecule has 1 unspecified atom stereocenters. The van der Waals surface area contributed by atoms with E-state index in [0.29, 0.717) is 42.0 Å². The molecule has 0 bridgehead atoms. The van der Waals surface area contributed by atoms with E-state index in [1.807, 2.05) is 6.92 Å². The number of thiocarbonyl (C=S) groups is 1. The maximum Gasteiger partial charge on any atom is 0.267 e. The Morgan fingerprint density at radius 3 is 2.91 bits per heavy atom. The second-order valence-electron chi connectivity index (χ2n) is 7.69. The van der Waals surface area contributed by atoms with Gasteiger partial charge in [0.25, 0.3) is 11.5 Å². The molecule has 1 atom stereocenters. The van der Waals surface area contributed by atoms with Crippen LogP contribution in [0.5, 0.6) is 0 Å². The van der Waals surface area contributed by atoms with Gasteiger partial charge in [-0.3, -0.25) is 18.9 Å². The molecule has 33 heavy (non-hydrogen) atoms. The minimum atomic E-state index is -3.18. The minimum Gasteiger partial charge on any atom is -0.382 e. The molecule has 176 valence electrons. The highest BCUT2D eigenvalue weighted by Crippen LogP contribution is 2.36. The van der Waals surface area contributed by atoms with Crippen LogP contribution in [0.25, 0.3) is 11.7 Å². The van der Waals surface area contributed by atoms with Gasteiger partial charge < -0.3 is 10.1 Å². The number of thioether (sulfide) groups is 1. The second kappa shape index (κ2) is 9.92. The predicted molar refractivity (Wildman–Crippen MR) is 133 cm³/mol. The number of carbonyl (C=O) groups excluding carboxylic acids is 1. The van der Waals surface area contributed by atoms with E-state index < -0.39 is 15.9 Å². The highest BCUT2D eigenvalue weighted by molar-refractivity contribution is 8.26. The molecule has 12 heteroatoms. The second-order valence-corrected chi connectivity index (χ2v) is 11.6. The number of amides is 1. The first-order valence-electron chi connectivity index (χ1n) is 10.6. The molecule has 2 aromatic heterocycles. The number of nitrogens with zero attached hydrogens (tertiary/aromatic N) is 3. The zero-order chi connectivity index (χ0) is 23.6. The fraction of sp³-hybridized carbons (Fsp3) is 0.429. The Morgan fingerprint density at radius 2 is 2.18 bits per heavy atom. The number of aromatic nitrogens is 2. The van der Waals surface area contributed by atoms with E-state index in [4.69, 9.17) is 17.0 Å². The SMILES string of the molecule is CCOCCCNc1nc2ccccn2c(=O)c1C=C1SC(=S)N(C2CCS(=O)(=O)C2)C1=O. The summed E-state index contributed by atoms with van der Waals surface area (Å²) in [5.41, 5.74) is 0.409. The summed E-state index contributed by atoms with van der Waals surface area (Å²) < 4.78 is 30.9. The summed E-state index contributed by atoms with van der Waals surface area (Å²) in [5, 5.41) is 3.19. The Labute approximate surface area is 201 Å². The number of nitrogens with one attached hydrogen (secondary N) is 1. The van der Waals surface area contributed by atoms with Crippen molar-refractivity contribution in [3.8, 4) is 0 Å². The van der Waals surface area contributed by atoms with Gasteiger partial charge in [0, 0.05) is 26.0 Å². The van der Waals surface area contributed by atoms with Gasteiger partial charge in [-0.2, -0.15) is 0 Å². The van der Waals surface area contributed by atoms with Crippen molar-refractivity contribution in [3.63, 3.8) is 0 Å². The molecule has 2 fully saturated rings. The topological polar surface area (TPSA) is 110 Å². The first kappa shape index (κ1) is 23.9. The average Bonchev–Trinajstić information content (AvgIpc) is 3.27. The third kappa shape index (κ3) is 5.13. The molecule has 0 aromatic carbocycles. The Morgan fingerprint density at radius 1 is 1.36 bits per heavy atom. The van der Waals surface area contributed by atoms with Crippen molar-refractivity contribution in [2.24, 2.45) is 0 Å². The summed E-state index contributed by atoms with van der Waals surface area (Å²) in [6.45, 7) is 3.67. The molecule has 0 aliphatic carbocycles. The van der Waals surface area contributed by atoms with Crippen LogP contribution in [-0.4, -0.2) is 70.2 Å². The quantitative estimate of drug-likeness (QED) is 0.325. The summed E-state index contributed by atoms with van der Waals surface area (Å²) in [6.07, 6.45) is 4.20. The van der Waals surface area contributed by atoms with Crippen molar-refractivity contribution < 1.29 is 17.9 Å². The van der Waals surface area contributed by atoms with Crippen molar-refractivity contribution in [1.29, 1.82) is 0 Å². The fourth-order valence-electron chi connectivity index (χ4n) is 3.80. The number of hydrogen-bond donors (Lipinski definition) is 1. The molecule has 4 rings (SSSR count). The molecule has 0 saturated carbocycles. The Balaban J connectivity index is 1.67. The molecular formula is C21H24N4O5S3. The Bertz CT molecular complexity index is 1290. The molecule has 2 aromatic rings. The van der Waals surface area contributed by atoms with Crippen molar-refractivity contribution in [2.75, 3.05) is 36.6 Å². The van der Waals surface area contributed by atoms with E-state index in [9.17, 15) is 18.0 Å². The van der Waals surface area contributed by atoms with Gasteiger partial charge in [0.1, 0.15) is 15.8 Å². The van der Waals surface area contributed by atoms with Gasteiger partial charge in [0.2, 0.25) is 0 Å².